The van der Waals surface area contributed by atoms with E-state index in [1.165, 1.54) is 70.6 Å². The van der Waals surface area contributed by atoms with Gasteiger partial charge in [0.2, 0.25) is 0 Å². The second-order valence-electron chi connectivity index (χ2n) is 14.2. The largest absolute Gasteiger partial charge is 0.462 e. The van der Waals surface area contributed by atoms with Crippen molar-refractivity contribution >= 4 is 17.9 Å². The van der Waals surface area contributed by atoms with E-state index >= 15 is 0 Å². The highest BCUT2D eigenvalue weighted by atomic mass is 16.6. The number of hydrogen-bond donors (Lipinski definition) is 0. The molecule has 1 unspecified atom stereocenters. The summed E-state index contributed by atoms with van der Waals surface area (Å²) < 4.78 is 16.6. The molecule has 0 aromatic rings. The molecule has 0 rings (SSSR count). The minimum atomic E-state index is -0.791. The van der Waals surface area contributed by atoms with Gasteiger partial charge >= 0.3 is 17.9 Å². The first-order chi connectivity index (χ1) is 25.5. The van der Waals surface area contributed by atoms with Crippen molar-refractivity contribution in [3.05, 3.63) is 48.6 Å². The molecule has 0 aliphatic heterocycles. The maximum atomic E-state index is 12.7. The van der Waals surface area contributed by atoms with Gasteiger partial charge in [0.05, 0.1) is 0 Å². The maximum Gasteiger partial charge on any atom is 0.306 e. The highest BCUT2D eigenvalue weighted by Gasteiger charge is 2.19. The van der Waals surface area contributed by atoms with Gasteiger partial charge in [-0.1, -0.05) is 140 Å². The Balaban J connectivity index is 4.43. The Morgan fingerprint density at radius 2 is 0.750 bits per heavy atom. The van der Waals surface area contributed by atoms with Crippen LogP contribution in [0.15, 0.2) is 48.6 Å². The molecule has 1 atom stereocenters. The predicted octanol–water partition coefficient (Wildman–Crippen LogP) is 13.6. The van der Waals surface area contributed by atoms with E-state index in [-0.39, 0.29) is 31.1 Å². The van der Waals surface area contributed by atoms with Crippen molar-refractivity contribution in [3.8, 4) is 0 Å². The molecule has 6 heteroatoms. The van der Waals surface area contributed by atoms with Crippen LogP contribution in [0.4, 0.5) is 0 Å². The van der Waals surface area contributed by atoms with E-state index in [4.69, 9.17) is 14.2 Å². The first kappa shape index (κ1) is 49.4. The van der Waals surface area contributed by atoms with E-state index in [0.29, 0.717) is 19.3 Å². The van der Waals surface area contributed by atoms with Gasteiger partial charge in [-0.25, -0.2) is 0 Å². The van der Waals surface area contributed by atoms with Gasteiger partial charge in [-0.3, -0.25) is 14.4 Å². The molecule has 300 valence electrons. The lowest BCUT2D eigenvalue weighted by atomic mass is 10.1. The van der Waals surface area contributed by atoms with E-state index < -0.39 is 6.10 Å². The zero-order chi connectivity index (χ0) is 38.0. The Kier molecular flexibility index (Phi) is 39.1. The first-order valence-electron chi connectivity index (χ1n) is 21.6. The molecule has 0 fully saturated rings. The summed E-state index contributed by atoms with van der Waals surface area (Å²) in [5.41, 5.74) is 0. The zero-order valence-corrected chi connectivity index (χ0v) is 34.1. The quantitative estimate of drug-likeness (QED) is 0.0272. The van der Waals surface area contributed by atoms with E-state index in [1.807, 2.05) is 0 Å². The van der Waals surface area contributed by atoms with Crippen LogP contribution in [0.1, 0.15) is 207 Å². The van der Waals surface area contributed by atoms with Crippen LogP contribution < -0.4 is 0 Å². The topological polar surface area (TPSA) is 78.9 Å². The Bertz CT molecular complexity index is 933. The van der Waals surface area contributed by atoms with Crippen molar-refractivity contribution in [1.82, 2.24) is 0 Å². The third kappa shape index (κ3) is 38.6. The van der Waals surface area contributed by atoms with Crippen LogP contribution in [0.2, 0.25) is 0 Å². The van der Waals surface area contributed by atoms with E-state index in [0.717, 1.165) is 96.3 Å². The molecule has 0 amide bonds. The fourth-order valence-corrected chi connectivity index (χ4v) is 5.76. The SMILES string of the molecule is CC/C=C\C/C=C\CCCCC(=O)OCC(COC(=O)CCCCC/C=C\CCCCCCCC)OC(=O)CCCCCCC/C=C\CCCCC. The summed E-state index contributed by atoms with van der Waals surface area (Å²) >= 11 is 0. The van der Waals surface area contributed by atoms with Crippen molar-refractivity contribution in [2.24, 2.45) is 0 Å². The number of unbranched alkanes of at least 4 members (excludes halogenated alkanes) is 19. The number of hydrogen-bond acceptors (Lipinski definition) is 6. The first-order valence-corrected chi connectivity index (χ1v) is 21.6. The number of allylic oxidation sites excluding steroid dienone is 8. The lowest BCUT2D eigenvalue weighted by Crippen LogP contribution is -2.30. The molecule has 0 saturated heterocycles. The summed E-state index contributed by atoms with van der Waals surface area (Å²) in [6.45, 7) is 6.41. The van der Waals surface area contributed by atoms with Gasteiger partial charge < -0.3 is 14.2 Å². The highest BCUT2D eigenvalue weighted by molar-refractivity contribution is 5.71. The van der Waals surface area contributed by atoms with E-state index in [2.05, 4.69) is 69.4 Å². The fraction of sp³-hybridized carbons (Fsp3) is 0.761. The van der Waals surface area contributed by atoms with Crippen molar-refractivity contribution in [2.75, 3.05) is 13.2 Å². The molecule has 0 aromatic heterocycles. The molecule has 0 aromatic carbocycles. The van der Waals surface area contributed by atoms with Gasteiger partial charge in [-0.2, -0.15) is 0 Å². The molecule has 0 N–H and O–H groups in total. The Labute approximate surface area is 320 Å². The standard InChI is InChI=1S/C46H80O6/c1-4-7-10-13-16-19-21-23-25-27-30-33-36-39-45(48)51-42-43(41-50-44(47)38-35-32-29-26-18-15-12-9-6-3)52-46(49)40-37-34-31-28-24-22-20-17-14-11-8-5-2/h9,12,17-18,20,23,25-26,43H,4-8,10-11,13-16,19,21-22,24,27-42H2,1-3H3/b12-9-,20-17-,25-23-,26-18-. The summed E-state index contributed by atoms with van der Waals surface area (Å²) in [5.74, 6) is -0.962. The number of carbonyl (C=O) groups is 3. The van der Waals surface area contributed by atoms with E-state index in [1.54, 1.807) is 0 Å². The lowest BCUT2D eigenvalue weighted by molar-refractivity contribution is -0.167. The molecule has 0 heterocycles. The van der Waals surface area contributed by atoms with Crippen LogP contribution in [-0.2, 0) is 28.6 Å². The minimum absolute atomic E-state index is 0.0950. The molecule has 52 heavy (non-hydrogen) atoms. The Morgan fingerprint density at radius 1 is 0.404 bits per heavy atom. The van der Waals surface area contributed by atoms with Crippen LogP contribution in [0.25, 0.3) is 0 Å². The van der Waals surface area contributed by atoms with Crippen LogP contribution in [0.3, 0.4) is 0 Å². The van der Waals surface area contributed by atoms with Crippen LogP contribution in [0.5, 0.6) is 0 Å². The second-order valence-corrected chi connectivity index (χ2v) is 14.2. The summed E-state index contributed by atoms with van der Waals surface area (Å²) in [5, 5.41) is 0. The van der Waals surface area contributed by atoms with Crippen molar-refractivity contribution in [3.63, 3.8) is 0 Å². The van der Waals surface area contributed by atoms with Gasteiger partial charge in [-0.15, -0.1) is 0 Å². The highest BCUT2D eigenvalue weighted by Crippen LogP contribution is 2.12. The van der Waals surface area contributed by atoms with Crippen molar-refractivity contribution in [1.29, 1.82) is 0 Å². The molecule has 0 saturated carbocycles. The summed E-state index contributed by atoms with van der Waals surface area (Å²) in [7, 11) is 0. The van der Waals surface area contributed by atoms with Crippen molar-refractivity contribution < 1.29 is 28.6 Å². The number of carbonyl (C=O) groups excluding carboxylic acids is 3. The molecule has 0 spiro atoms. The van der Waals surface area contributed by atoms with Gasteiger partial charge in [0.15, 0.2) is 6.10 Å². The van der Waals surface area contributed by atoms with Gasteiger partial charge in [0.1, 0.15) is 13.2 Å². The fourth-order valence-electron chi connectivity index (χ4n) is 5.76. The van der Waals surface area contributed by atoms with Gasteiger partial charge in [0, 0.05) is 19.3 Å². The Hall–Kier alpha value is -2.63. The Morgan fingerprint density at radius 3 is 1.27 bits per heavy atom. The second kappa shape index (κ2) is 41.1. The lowest BCUT2D eigenvalue weighted by Gasteiger charge is -2.18. The smallest absolute Gasteiger partial charge is 0.306 e. The maximum absolute atomic E-state index is 12.7. The van der Waals surface area contributed by atoms with Gasteiger partial charge in [0.25, 0.3) is 0 Å². The third-order valence-corrected chi connectivity index (χ3v) is 9.04. The molecular weight excluding hydrogens is 649 g/mol. The number of esters is 3. The monoisotopic (exact) mass is 729 g/mol. The average Bonchev–Trinajstić information content (AvgIpc) is 3.14. The summed E-state index contributed by atoms with van der Waals surface area (Å²) in [4.78, 5) is 37.6. The molecule has 6 nitrogen and oxygen atoms in total. The molecule has 0 aliphatic rings. The van der Waals surface area contributed by atoms with Crippen LogP contribution in [-0.4, -0.2) is 37.2 Å². The van der Waals surface area contributed by atoms with Crippen LogP contribution in [0, 0.1) is 0 Å². The number of rotatable bonds is 38. The third-order valence-electron chi connectivity index (χ3n) is 9.04. The van der Waals surface area contributed by atoms with E-state index in [9.17, 15) is 14.4 Å². The molecular formula is C46H80O6. The predicted molar refractivity (Wildman–Crippen MR) is 219 cm³/mol. The zero-order valence-electron chi connectivity index (χ0n) is 34.1. The number of ether oxygens (including phenoxy) is 3. The van der Waals surface area contributed by atoms with Crippen molar-refractivity contribution in [2.45, 2.75) is 213 Å². The minimum Gasteiger partial charge on any atom is -0.462 e. The van der Waals surface area contributed by atoms with Gasteiger partial charge in [-0.05, 0) is 96.3 Å². The van der Waals surface area contributed by atoms with Crippen LogP contribution >= 0.6 is 0 Å². The normalized spacial score (nSPS) is 12.4. The average molecular weight is 729 g/mol. The molecule has 0 aliphatic carbocycles. The summed E-state index contributed by atoms with van der Waals surface area (Å²) in [6.07, 6.45) is 46.7. The molecule has 0 bridgehead atoms. The summed E-state index contributed by atoms with van der Waals surface area (Å²) in [6, 6.07) is 0. The molecule has 0 radical (unpaired) electrons.